The minimum atomic E-state index is -0.0793. The Labute approximate surface area is 137 Å². The Bertz CT molecular complexity index is 685. The summed E-state index contributed by atoms with van der Waals surface area (Å²) in [5.74, 6) is -0.0110. The summed E-state index contributed by atoms with van der Waals surface area (Å²) in [6, 6.07) is 13.8. The monoisotopic (exact) mass is 312 g/mol. The molecule has 1 saturated heterocycles. The number of hydrogen-bond acceptors (Lipinski definition) is 3. The second kappa shape index (κ2) is 6.69. The third-order valence-electron chi connectivity index (χ3n) is 4.58. The van der Waals surface area contributed by atoms with E-state index in [9.17, 15) is 4.79 Å². The van der Waals surface area contributed by atoms with E-state index in [1.54, 1.807) is 0 Å². The largest absolute Gasteiger partial charge is 0.379 e. The number of nitrogens with one attached hydrogen (secondary N) is 1. The maximum atomic E-state index is 12.6. The number of carbonyl (C=O) groups is 1. The average molecular weight is 312 g/mol. The van der Waals surface area contributed by atoms with Crippen LogP contribution in [0.2, 0.25) is 0 Å². The van der Waals surface area contributed by atoms with E-state index in [-0.39, 0.29) is 11.4 Å². The first kappa shape index (κ1) is 16.0. The van der Waals surface area contributed by atoms with Crippen LogP contribution in [0.5, 0.6) is 0 Å². The Morgan fingerprint density at radius 1 is 1.13 bits per heavy atom. The van der Waals surface area contributed by atoms with Crippen molar-refractivity contribution in [2.24, 2.45) is 0 Å². The molecule has 2 aromatic rings. The van der Waals surface area contributed by atoms with Gasteiger partial charge in [0, 0.05) is 30.7 Å². The van der Waals surface area contributed by atoms with Gasteiger partial charge in [-0.1, -0.05) is 36.4 Å². The highest BCUT2D eigenvalue weighted by molar-refractivity contribution is 6.07. The molecule has 1 aliphatic rings. The van der Waals surface area contributed by atoms with E-state index in [4.69, 9.17) is 4.74 Å². The van der Waals surface area contributed by atoms with Crippen molar-refractivity contribution in [1.29, 1.82) is 0 Å². The van der Waals surface area contributed by atoms with Gasteiger partial charge in [-0.25, -0.2) is 0 Å². The van der Waals surface area contributed by atoms with Crippen LogP contribution in [0.1, 0.15) is 24.2 Å². The van der Waals surface area contributed by atoms with Crippen LogP contribution < -0.4 is 5.32 Å². The van der Waals surface area contributed by atoms with Crippen LogP contribution >= 0.6 is 0 Å². The van der Waals surface area contributed by atoms with E-state index >= 15 is 0 Å². The number of carbonyl (C=O) groups excluding carboxylic acids is 1. The third-order valence-corrected chi connectivity index (χ3v) is 4.58. The number of hydrogen-bond donors (Lipinski definition) is 1. The fraction of sp³-hybridized carbons (Fsp3) is 0.421. The quantitative estimate of drug-likeness (QED) is 0.944. The van der Waals surface area contributed by atoms with Crippen LogP contribution in [0.25, 0.3) is 10.8 Å². The molecule has 2 aromatic carbocycles. The summed E-state index contributed by atoms with van der Waals surface area (Å²) in [5.41, 5.74) is 0.658. The molecule has 4 nitrogen and oxygen atoms in total. The van der Waals surface area contributed by atoms with Gasteiger partial charge in [-0.05, 0) is 30.7 Å². The molecule has 1 aliphatic heterocycles. The molecule has 0 spiro atoms. The molecule has 122 valence electrons. The number of rotatable bonds is 4. The lowest BCUT2D eigenvalue weighted by Gasteiger charge is -2.40. The third kappa shape index (κ3) is 3.54. The first-order chi connectivity index (χ1) is 11.1. The second-order valence-corrected chi connectivity index (χ2v) is 6.62. The van der Waals surface area contributed by atoms with Gasteiger partial charge in [0.25, 0.3) is 5.91 Å². The summed E-state index contributed by atoms with van der Waals surface area (Å²) in [6.45, 7) is 8.31. The van der Waals surface area contributed by atoms with Crippen molar-refractivity contribution in [3.8, 4) is 0 Å². The van der Waals surface area contributed by atoms with Crippen LogP contribution in [0.3, 0.4) is 0 Å². The Balaban J connectivity index is 1.71. The highest BCUT2D eigenvalue weighted by Gasteiger charge is 2.28. The van der Waals surface area contributed by atoms with Crippen molar-refractivity contribution >= 4 is 16.7 Å². The first-order valence-electron chi connectivity index (χ1n) is 8.17. The fourth-order valence-electron chi connectivity index (χ4n) is 3.10. The average Bonchev–Trinajstić information content (AvgIpc) is 2.60. The number of morpholine rings is 1. The van der Waals surface area contributed by atoms with E-state index < -0.39 is 0 Å². The topological polar surface area (TPSA) is 41.6 Å². The van der Waals surface area contributed by atoms with E-state index in [1.165, 1.54) is 0 Å². The maximum absolute atomic E-state index is 12.6. The second-order valence-electron chi connectivity index (χ2n) is 6.62. The normalized spacial score (nSPS) is 16.4. The van der Waals surface area contributed by atoms with Gasteiger partial charge in [0.05, 0.1) is 13.2 Å². The standard InChI is InChI=1S/C19H24N2O2/c1-19(2,21-10-12-23-13-11-21)14-20-18(22)17-9-5-7-15-6-3-4-8-16(15)17/h3-9H,10-14H2,1-2H3,(H,20,22). The predicted molar refractivity (Wildman–Crippen MR) is 92.8 cm³/mol. The molecule has 0 atom stereocenters. The van der Waals surface area contributed by atoms with Crippen LogP contribution in [0.15, 0.2) is 42.5 Å². The van der Waals surface area contributed by atoms with Gasteiger partial charge >= 0.3 is 0 Å². The molecule has 4 heteroatoms. The summed E-state index contributed by atoms with van der Waals surface area (Å²) in [6.07, 6.45) is 0. The molecule has 0 saturated carbocycles. The molecule has 1 N–H and O–H groups in total. The van der Waals surface area contributed by atoms with Crippen molar-refractivity contribution in [2.45, 2.75) is 19.4 Å². The van der Waals surface area contributed by atoms with Gasteiger partial charge in [-0.2, -0.15) is 0 Å². The highest BCUT2D eigenvalue weighted by atomic mass is 16.5. The zero-order chi connectivity index (χ0) is 16.3. The smallest absolute Gasteiger partial charge is 0.251 e. The molecule has 1 amide bonds. The molecule has 1 heterocycles. The zero-order valence-electron chi connectivity index (χ0n) is 13.8. The number of nitrogens with zero attached hydrogens (tertiary/aromatic N) is 1. The van der Waals surface area contributed by atoms with Crippen LogP contribution in [0, 0.1) is 0 Å². The number of amides is 1. The SMILES string of the molecule is CC(C)(CNC(=O)c1cccc2ccccc12)N1CCOCC1. The Hall–Kier alpha value is -1.91. The van der Waals surface area contributed by atoms with Gasteiger partial charge in [-0.3, -0.25) is 9.69 Å². The van der Waals surface area contributed by atoms with Crippen LogP contribution in [-0.2, 0) is 4.74 Å². The van der Waals surface area contributed by atoms with E-state index in [2.05, 4.69) is 24.1 Å². The summed E-state index contributed by atoms with van der Waals surface area (Å²) in [5, 5.41) is 5.19. The summed E-state index contributed by atoms with van der Waals surface area (Å²) >= 11 is 0. The van der Waals surface area contributed by atoms with Crippen molar-refractivity contribution in [2.75, 3.05) is 32.8 Å². The molecular weight excluding hydrogens is 288 g/mol. The lowest BCUT2D eigenvalue weighted by molar-refractivity contribution is -0.00922. The van der Waals surface area contributed by atoms with Crippen LogP contribution in [0.4, 0.5) is 0 Å². The van der Waals surface area contributed by atoms with E-state index in [0.717, 1.165) is 42.6 Å². The molecule has 0 radical (unpaired) electrons. The summed E-state index contributed by atoms with van der Waals surface area (Å²) in [7, 11) is 0. The first-order valence-corrected chi connectivity index (χ1v) is 8.17. The molecule has 23 heavy (non-hydrogen) atoms. The molecule has 0 bridgehead atoms. The fourth-order valence-corrected chi connectivity index (χ4v) is 3.10. The molecule has 0 aromatic heterocycles. The van der Waals surface area contributed by atoms with Crippen molar-refractivity contribution in [3.05, 3.63) is 48.0 Å². The minimum absolute atomic E-state index is 0.0110. The zero-order valence-corrected chi connectivity index (χ0v) is 13.8. The molecular formula is C19H24N2O2. The molecule has 0 unspecified atom stereocenters. The maximum Gasteiger partial charge on any atom is 0.251 e. The Kier molecular flexibility index (Phi) is 4.64. The van der Waals surface area contributed by atoms with Gasteiger partial charge < -0.3 is 10.1 Å². The molecule has 1 fully saturated rings. The van der Waals surface area contributed by atoms with Crippen molar-refractivity contribution in [1.82, 2.24) is 10.2 Å². The number of ether oxygens (including phenoxy) is 1. The lowest BCUT2D eigenvalue weighted by Crippen LogP contribution is -2.55. The number of fused-ring (bicyclic) bond motifs is 1. The van der Waals surface area contributed by atoms with Gasteiger partial charge in [0.2, 0.25) is 0 Å². The summed E-state index contributed by atoms with van der Waals surface area (Å²) < 4.78 is 5.41. The molecule has 0 aliphatic carbocycles. The summed E-state index contributed by atoms with van der Waals surface area (Å²) in [4.78, 5) is 15.0. The predicted octanol–water partition coefficient (Wildman–Crippen LogP) is 2.68. The van der Waals surface area contributed by atoms with E-state index in [0.29, 0.717) is 6.54 Å². The highest BCUT2D eigenvalue weighted by Crippen LogP contribution is 2.19. The minimum Gasteiger partial charge on any atom is -0.379 e. The van der Waals surface area contributed by atoms with Gasteiger partial charge in [0.1, 0.15) is 0 Å². The van der Waals surface area contributed by atoms with Crippen molar-refractivity contribution in [3.63, 3.8) is 0 Å². The van der Waals surface area contributed by atoms with E-state index in [1.807, 2.05) is 42.5 Å². The lowest BCUT2D eigenvalue weighted by atomic mass is 10.0. The molecule has 3 rings (SSSR count). The Morgan fingerprint density at radius 3 is 2.61 bits per heavy atom. The number of benzene rings is 2. The van der Waals surface area contributed by atoms with Gasteiger partial charge in [0.15, 0.2) is 0 Å². The van der Waals surface area contributed by atoms with Crippen molar-refractivity contribution < 1.29 is 9.53 Å². The van der Waals surface area contributed by atoms with Crippen LogP contribution in [-0.4, -0.2) is 49.2 Å². The van der Waals surface area contributed by atoms with Gasteiger partial charge in [-0.15, -0.1) is 0 Å². The Morgan fingerprint density at radius 2 is 1.83 bits per heavy atom.